The Hall–Kier alpha value is -0.980. The van der Waals surface area contributed by atoms with E-state index in [1.807, 2.05) is 12.1 Å². The Kier molecular flexibility index (Phi) is 5.51. The third-order valence-electron chi connectivity index (χ3n) is 3.83. The molecule has 1 unspecified atom stereocenters. The second-order valence-electron chi connectivity index (χ2n) is 5.26. The highest BCUT2D eigenvalue weighted by Crippen LogP contribution is 2.23. The third kappa shape index (κ3) is 4.01. The van der Waals surface area contributed by atoms with Crippen molar-refractivity contribution in [3.05, 3.63) is 30.1 Å². The van der Waals surface area contributed by atoms with Crippen molar-refractivity contribution >= 4 is 10.0 Å². The second-order valence-corrected chi connectivity index (χ2v) is 7.30. The minimum atomic E-state index is -3.20. The van der Waals surface area contributed by atoms with Crippen LogP contribution in [-0.4, -0.2) is 42.6 Å². The van der Waals surface area contributed by atoms with Crippen molar-refractivity contribution in [2.24, 2.45) is 5.73 Å². The predicted octanol–water partition coefficient (Wildman–Crippen LogP) is 1.16. The molecule has 1 fully saturated rings. The van der Waals surface area contributed by atoms with Crippen molar-refractivity contribution in [3.63, 3.8) is 0 Å². The molecular formula is C14H23N3O2S. The number of rotatable bonds is 6. The van der Waals surface area contributed by atoms with Crippen molar-refractivity contribution in [2.75, 3.05) is 18.8 Å². The minimum Gasteiger partial charge on any atom is -0.330 e. The van der Waals surface area contributed by atoms with Gasteiger partial charge in [0.05, 0.1) is 5.75 Å². The summed E-state index contributed by atoms with van der Waals surface area (Å²) in [6, 6.07) is 3.82. The van der Waals surface area contributed by atoms with Crippen LogP contribution in [0, 0.1) is 0 Å². The molecule has 0 amide bonds. The van der Waals surface area contributed by atoms with E-state index in [0.29, 0.717) is 19.5 Å². The van der Waals surface area contributed by atoms with Crippen LogP contribution in [0.4, 0.5) is 0 Å². The lowest BCUT2D eigenvalue weighted by molar-refractivity contribution is 0.243. The van der Waals surface area contributed by atoms with E-state index in [2.05, 4.69) is 4.98 Å². The Morgan fingerprint density at radius 1 is 1.30 bits per heavy atom. The molecule has 1 saturated heterocycles. The van der Waals surface area contributed by atoms with Gasteiger partial charge in [-0.25, -0.2) is 8.42 Å². The first-order valence-corrected chi connectivity index (χ1v) is 8.83. The average molecular weight is 297 g/mol. The molecule has 0 bridgehead atoms. The summed E-state index contributed by atoms with van der Waals surface area (Å²) in [5.74, 6) is 0.165. The van der Waals surface area contributed by atoms with Gasteiger partial charge in [-0.15, -0.1) is 0 Å². The molecule has 1 aromatic heterocycles. The summed E-state index contributed by atoms with van der Waals surface area (Å²) in [5, 5.41) is 0. The van der Waals surface area contributed by atoms with Crippen molar-refractivity contribution in [3.8, 4) is 0 Å². The Balaban J connectivity index is 2.01. The molecule has 2 N–H and O–H groups in total. The van der Waals surface area contributed by atoms with Crippen LogP contribution < -0.4 is 5.73 Å². The molecular weight excluding hydrogens is 274 g/mol. The van der Waals surface area contributed by atoms with Crippen molar-refractivity contribution in [1.82, 2.24) is 9.29 Å². The first-order valence-electron chi connectivity index (χ1n) is 7.22. The highest BCUT2D eigenvalue weighted by molar-refractivity contribution is 7.89. The average Bonchev–Trinajstić information content (AvgIpc) is 2.47. The maximum absolute atomic E-state index is 12.5. The van der Waals surface area contributed by atoms with E-state index in [0.717, 1.165) is 31.2 Å². The highest BCUT2D eigenvalue weighted by atomic mass is 32.2. The number of aromatic nitrogens is 1. The van der Waals surface area contributed by atoms with Gasteiger partial charge in [-0.3, -0.25) is 4.98 Å². The third-order valence-corrected chi connectivity index (χ3v) is 5.74. The molecule has 0 spiro atoms. The quantitative estimate of drug-likeness (QED) is 0.855. The monoisotopic (exact) mass is 297 g/mol. The fourth-order valence-electron chi connectivity index (χ4n) is 2.73. The predicted molar refractivity (Wildman–Crippen MR) is 79.7 cm³/mol. The van der Waals surface area contributed by atoms with Crippen molar-refractivity contribution in [2.45, 2.75) is 38.1 Å². The first kappa shape index (κ1) is 15.4. The highest BCUT2D eigenvalue weighted by Gasteiger charge is 2.31. The van der Waals surface area contributed by atoms with Crippen LogP contribution in [0.1, 0.15) is 31.2 Å². The van der Waals surface area contributed by atoms with Crippen molar-refractivity contribution < 1.29 is 8.42 Å². The van der Waals surface area contributed by atoms with Gasteiger partial charge in [-0.1, -0.05) is 6.42 Å². The number of aryl methyl sites for hydroxylation is 1. The lowest BCUT2D eigenvalue weighted by Gasteiger charge is -2.34. The normalized spacial score (nSPS) is 20.9. The van der Waals surface area contributed by atoms with E-state index in [1.54, 1.807) is 16.7 Å². The Morgan fingerprint density at radius 3 is 2.75 bits per heavy atom. The molecule has 6 heteroatoms. The van der Waals surface area contributed by atoms with Gasteiger partial charge in [0.25, 0.3) is 0 Å². The molecule has 1 aromatic rings. The van der Waals surface area contributed by atoms with Crippen molar-refractivity contribution in [1.29, 1.82) is 0 Å². The molecule has 0 aromatic carbocycles. The van der Waals surface area contributed by atoms with Crippen LogP contribution in [-0.2, 0) is 16.4 Å². The molecule has 2 rings (SSSR count). The molecule has 1 aliphatic heterocycles. The molecule has 0 aliphatic carbocycles. The van der Waals surface area contributed by atoms with E-state index in [9.17, 15) is 8.42 Å². The molecule has 0 radical (unpaired) electrons. The van der Waals surface area contributed by atoms with Crippen LogP contribution in [0.25, 0.3) is 0 Å². The second kappa shape index (κ2) is 7.15. The summed E-state index contributed by atoms with van der Waals surface area (Å²) in [6.07, 6.45) is 7.67. The van der Waals surface area contributed by atoms with E-state index in [-0.39, 0.29) is 11.8 Å². The van der Waals surface area contributed by atoms with Crippen LogP contribution in [0.2, 0.25) is 0 Å². The lowest BCUT2D eigenvalue weighted by atomic mass is 10.0. The zero-order valence-electron chi connectivity index (χ0n) is 11.7. The molecule has 20 heavy (non-hydrogen) atoms. The van der Waals surface area contributed by atoms with Gasteiger partial charge >= 0.3 is 0 Å². The lowest BCUT2D eigenvalue weighted by Crippen LogP contribution is -2.45. The van der Waals surface area contributed by atoms with Gasteiger partial charge in [-0.05, 0) is 49.9 Å². The number of nitrogens with two attached hydrogens (primary N) is 1. The topological polar surface area (TPSA) is 76.3 Å². The van der Waals surface area contributed by atoms with Gasteiger partial charge < -0.3 is 5.73 Å². The SMILES string of the molecule is NCCC1CCCCN1S(=O)(=O)CCc1ccncc1. The van der Waals surface area contributed by atoms with Crippen LogP contribution in [0.5, 0.6) is 0 Å². The number of sulfonamides is 1. The van der Waals surface area contributed by atoms with Gasteiger partial charge in [0, 0.05) is 25.0 Å². The summed E-state index contributed by atoms with van der Waals surface area (Å²) in [6.45, 7) is 1.18. The zero-order chi connectivity index (χ0) is 14.4. The molecule has 0 saturated carbocycles. The van der Waals surface area contributed by atoms with Crippen LogP contribution in [0.15, 0.2) is 24.5 Å². The van der Waals surface area contributed by atoms with Gasteiger partial charge in [0.2, 0.25) is 10.0 Å². The number of piperidine rings is 1. The van der Waals surface area contributed by atoms with E-state index >= 15 is 0 Å². The molecule has 1 aliphatic rings. The summed E-state index contributed by atoms with van der Waals surface area (Å²) >= 11 is 0. The van der Waals surface area contributed by atoms with Gasteiger partial charge in [0.1, 0.15) is 0 Å². The summed E-state index contributed by atoms with van der Waals surface area (Å²) in [7, 11) is -3.20. The van der Waals surface area contributed by atoms with Gasteiger partial charge in [-0.2, -0.15) is 4.31 Å². The summed E-state index contributed by atoms with van der Waals surface area (Å²) < 4.78 is 26.7. The fraction of sp³-hybridized carbons (Fsp3) is 0.643. The number of nitrogens with zero attached hydrogens (tertiary/aromatic N) is 2. The van der Waals surface area contributed by atoms with Crippen LogP contribution in [0.3, 0.4) is 0 Å². The first-order chi connectivity index (χ1) is 9.63. The smallest absolute Gasteiger partial charge is 0.214 e. The fourth-order valence-corrected chi connectivity index (χ4v) is 4.54. The van der Waals surface area contributed by atoms with Crippen LogP contribution >= 0.6 is 0 Å². The van der Waals surface area contributed by atoms with E-state index in [4.69, 9.17) is 5.73 Å². The Morgan fingerprint density at radius 2 is 2.05 bits per heavy atom. The van der Waals surface area contributed by atoms with E-state index < -0.39 is 10.0 Å². The minimum absolute atomic E-state index is 0.0937. The molecule has 5 nitrogen and oxygen atoms in total. The Labute approximate surface area is 121 Å². The number of hydrogen-bond acceptors (Lipinski definition) is 4. The number of hydrogen-bond donors (Lipinski definition) is 1. The summed E-state index contributed by atoms with van der Waals surface area (Å²) in [4.78, 5) is 3.94. The Bertz CT molecular complexity index is 502. The maximum atomic E-state index is 12.5. The largest absolute Gasteiger partial charge is 0.330 e. The molecule has 112 valence electrons. The van der Waals surface area contributed by atoms with Gasteiger partial charge in [0.15, 0.2) is 0 Å². The molecule has 1 atom stereocenters. The standard InChI is InChI=1S/C14H23N3O2S/c15-8-4-14-3-1-2-11-17(14)20(18,19)12-7-13-5-9-16-10-6-13/h5-6,9-10,14H,1-4,7-8,11-12,15H2. The summed E-state index contributed by atoms with van der Waals surface area (Å²) in [5.41, 5.74) is 6.61. The number of pyridine rings is 1. The molecule has 2 heterocycles. The van der Waals surface area contributed by atoms with E-state index in [1.165, 1.54) is 0 Å². The maximum Gasteiger partial charge on any atom is 0.214 e. The zero-order valence-corrected chi connectivity index (χ0v) is 12.6.